The zero-order valence-corrected chi connectivity index (χ0v) is 17.2. The number of carbonyl (C=O) groups excluding carboxylic acids is 2. The Hall–Kier alpha value is -3.79. The number of nitrogens with one attached hydrogen (secondary N) is 1. The van der Waals surface area contributed by atoms with Crippen LogP contribution in [-0.4, -0.2) is 54.2 Å². The molecule has 0 radical (unpaired) electrons. The summed E-state index contributed by atoms with van der Waals surface area (Å²) in [7, 11) is 1.50. The number of carboxylic acid groups (broad SMARTS) is 1. The number of ether oxygens (including phenoxy) is 1. The van der Waals surface area contributed by atoms with Crippen molar-refractivity contribution in [1.82, 2.24) is 10.2 Å². The number of terminal acetylenes is 1. The summed E-state index contributed by atoms with van der Waals surface area (Å²) in [5.74, 6) is 0.704. The molecule has 7 heteroatoms. The van der Waals surface area contributed by atoms with E-state index in [0.29, 0.717) is 0 Å². The Labute approximate surface area is 181 Å². The molecule has 0 aromatic heterocycles. The van der Waals surface area contributed by atoms with Crippen LogP contribution in [0.5, 0.6) is 0 Å². The first kappa shape index (κ1) is 21.9. The van der Waals surface area contributed by atoms with Gasteiger partial charge in [-0.2, -0.15) is 0 Å². The number of hydrogen-bond donors (Lipinski definition) is 2. The Morgan fingerprint density at radius 3 is 2.26 bits per heavy atom. The van der Waals surface area contributed by atoms with Gasteiger partial charge >= 0.3 is 12.1 Å². The van der Waals surface area contributed by atoms with Crippen molar-refractivity contribution in [3.05, 3.63) is 59.7 Å². The zero-order valence-electron chi connectivity index (χ0n) is 17.2. The van der Waals surface area contributed by atoms with Crippen molar-refractivity contribution in [3.63, 3.8) is 0 Å². The average Bonchev–Trinajstić information content (AvgIpc) is 3.08. The summed E-state index contributed by atoms with van der Waals surface area (Å²) in [6.07, 6.45) is 4.12. The number of rotatable bonds is 8. The van der Waals surface area contributed by atoms with E-state index >= 15 is 0 Å². The molecule has 0 saturated heterocycles. The first-order valence-corrected chi connectivity index (χ1v) is 9.94. The van der Waals surface area contributed by atoms with E-state index < -0.39 is 24.0 Å². The van der Waals surface area contributed by atoms with E-state index in [-0.39, 0.29) is 31.9 Å². The number of alkyl carbamates (subject to hydrolysis) is 1. The molecule has 1 unspecified atom stereocenters. The summed E-state index contributed by atoms with van der Waals surface area (Å²) in [5, 5.41) is 11.5. The van der Waals surface area contributed by atoms with E-state index in [1.807, 2.05) is 48.5 Å². The average molecular weight is 420 g/mol. The fourth-order valence-corrected chi connectivity index (χ4v) is 3.79. The Morgan fingerprint density at radius 2 is 1.71 bits per heavy atom. The lowest BCUT2D eigenvalue weighted by molar-refractivity contribution is -0.137. The minimum Gasteiger partial charge on any atom is -0.481 e. The van der Waals surface area contributed by atoms with E-state index in [1.165, 1.54) is 11.9 Å². The number of amides is 2. The molecule has 1 aliphatic rings. The lowest BCUT2D eigenvalue weighted by Crippen LogP contribution is -2.48. The number of fused-ring (bicyclic) bond motifs is 3. The van der Waals surface area contributed by atoms with Crippen LogP contribution < -0.4 is 5.32 Å². The predicted octanol–water partition coefficient (Wildman–Crippen LogP) is 2.85. The van der Waals surface area contributed by atoms with Gasteiger partial charge in [0.25, 0.3) is 0 Å². The molecule has 160 valence electrons. The smallest absolute Gasteiger partial charge is 0.407 e. The molecule has 7 nitrogen and oxygen atoms in total. The van der Waals surface area contributed by atoms with Crippen molar-refractivity contribution in [2.24, 2.45) is 0 Å². The van der Waals surface area contributed by atoms with Crippen molar-refractivity contribution in [2.45, 2.75) is 24.8 Å². The third-order valence-corrected chi connectivity index (χ3v) is 5.29. The van der Waals surface area contributed by atoms with Crippen LogP contribution in [0.1, 0.15) is 29.9 Å². The standard InChI is InChI=1S/C24H24N2O5/c1-3-14-26(2)23(29)21(12-13-22(27)28)25-24(30)31-15-20-18-10-6-4-8-16(18)17-9-5-7-11-19(17)20/h1,4-11,20-21H,12-15H2,2H3,(H,25,30)(H,27,28). The van der Waals surface area contributed by atoms with Crippen LogP contribution in [0.2, 0.25) is 0 Å². The number of hydrogen-bond acceptors (Lipinski definition) is 4. The van der Waals surface area contributed by atoms with Crippen molar-refractivity contribution < 1.29 is 24.2 Å². The van der Waals surface area contributed by atoms with Crippen molar-refractivity contribution in [2.75, 3.05) is 20.2 Å². The largest absolute Gasteiger partial charge is 0.481 e. The Kier molecular flexibility index (Phi) is 6.93. The van der Waals surface area contributed by atoms with Gasteiger partial charge in [-0.25, -0.2) is 4.79 Å². The third kappa shape index (κ3) is 5.04. The molecule has 1 aliphatic carbocycles. The van der Waals surface area contributed by atoms with Gasteiger partial charge in [0.15, 0.2) is 0 Å². The molecule has 0 saturated carbocycles. The quantitative estimate of drug-likeness (QED) is 0.641. The molecule has 2 aromatic rings. The second-order valence-corrected chi connectivity index (χ2v) is 7.35. The van der Waals surface area contributed by atoms with Crippen LogP contribution in [-0.2, 0) is 14.3 Å². The summed E-state index contributed by atoms with van der Waals surface area (Å²) in [6.45, 7) is 0.147. The molecular formula is C24H24N2O5. The molecule has 0 heterocycles. The Bertz CT molecular complexity index is 981. The summed E-state index contributed by atoms with van der Waals surface area (Å²) >= 11 is 0. The normalized spacial score (nSPS) is 12.8. The minimum atomic E-state index is -1.06. The third-order valence-electron chi connectivity index (χ3n) is 5.29. The Morgan fingerprint density at radius 1 is 1.13 bits per heavy atom. The SMILES string of the molecule is C#CCN(C)C(=O)C(CCC(=O)O)NC(=O)OCC1c2ccccc2-c2ccccc21. The van der Waals surface area contributed by atoms with Gasteiger partial charge in [0.1, 0.15) is 12.6 Å². The van der Waals surface area contributed by atoms with Gasteiger partial charge < -0.3 is 20.1 Å². The highest BCUT2D eigenvalue weighted by Crippen LogP contribution is 2.44. The molecular weight excluding hydrogens is 396 g/mol. The number of nitrogens with zero attached hydrogens (tertiary/aromatic N) is 1. The van der Waals surface area contributed by atoms with Gasteiger partial charge in [0, 0.05) is 19.4 Å². The van der Waals surface area contributed by atoms with Crippen LogP contribution in [0.3, 0.4) is 0 Å². The van der Waals surface area contributed by atoms with E-state index in [0.717, 1.165) is 22.3 Å². The fraction of sp³-hybridized carbons (Fsp3) is 0.292. The highest BCUT2D eigenvalue weighted by molar-refractivity contribution is 5.86. The second kappa shape index (κ2) is 9.81. The molecule has 0 aliphatic heterocycles. The van der Waals surface area contributed by atoms with Crippen molar-refractivity contribution >= 4 is 18.0 Å². The van der Waals surface area contributed by atoms with Gasteiger partial charge in [-0.05, 0) is 28.7 Å². The second-order valence-electron chi connectivity index (χ2n) is 7.35. The monoisotopic (exact) mass is 420 g/mol. The molecule has 0 fully saturated rings. The lowest BCUT2D eigenvalue weighted by atomic mass is 9.98. The minimum absolute atomic E-state index is 0.0504. The van der Waals surface area contributed by atoms with Crippen LogP contribution in [0, 0.1) is 12.3 Å². The highest BCUT2D eigenvalue weighted by atomic mass is 16.5. The van der Waals surface area contributed by atoms with Gasteiger partial charge in [0.05, 0.1) is 6.54 Å². The maximum Gasteiger partial charge on any atom is 0.407 e. The number of carbonyl (C=O) groups is 3. The number of aliphatic carboxylic acids is 1. The van der Waals surface area contributed by atoms with Crippen LogP contribution in [0.15, 0.2) is 48.5 Å². The summed E-state index contributed by atoms with van der Waals surface area (Å²) in [4.78, 5) is 37.2. The van der Waals surface area contributed by atoms with E-state index in [9.17, 15) is 14.4 Å². The molecule has 0 spiro atoms. The van der Waals surface area contributed by atoms with E-state index in [2.05, 4.69) is 11.2 Å². The zero-order chi connectivity index (χ0) is 22.4. The topological polar surface area (TPSA) is 95.9 Å². The van der Waals surface area contributed by atoms with Gasteiger partial charge in [-0.1, -0.05) is 54.5 Å². The first-order valence-electron chi connectivity index (χ1n) is 9.94. The van der Waals surface area contributed by atoms with Crippen LogP contribution in [0.4, 0.5) is 4.79 Å². The maximum absolute atomic E-state index is 12.5. The van der Waals surface area contributed by atoms with Gasteiger partial charge in [-0.3, -0.25) is 9.59 Å². The van der Waals surface area contributed by atoms with Crippen LogP contribution >= 0.6 is 0 Å². The summed E-state index contributed by atoms with van der Waals surface area (Å²) in [5.41, 5.74) is 4.36. The van der Waals surface area contributed by atoms with E-state index in [1.54, 1.807) is 0 Å². The van der Waals surface area contributed by atoms with Gasteiger partial charge in [0.2, 0.25) is 5.91 Å². The lowest BCUT2D eigenvalue weighted by Gasteiger charge is -2.23. The van der Waals surface area contributed by atoms with Crippen molar-refractivity contribution in [3.8, 4) is 23.5 Å². The molecule has 2 N–H and O–H groups in total. The van der Waals surface area contributed by atoms with Gasteiger partial charge in [-0.15, -0.1) is 6.42 Å². The Balaban J connectivity index is 1.68. The molecule has 2 aromatic carbocycles. The molecule has 2 amide bonds. The number of benzene rings is 2. The highest BCUT2D eigenvalue weighted by Gasteiger charge is 2.30. The number of likely N-dealkylation sites (N-methyl/N-ethyl adjacent to an activating group) is 1. The molecule has 0 bridgehead atoms. The van der Waals surface area contributed by atoms with Crippen molar-refractivity contribution in [1.29, 1.82) is 0 Å². The summed E-state index contributed by atoms with van der Waals surface area (Å²) in [6, 6.07) is 14.9. The molecule has 31 heavy (non-hydrogen) atoms. The maximum atomic E-state index is 12.5. The predicted molar refractivity (Wildman–Crippen MR) is 115 cm³/mol. The van der Waals surface area contributed by atoms with E-state index in [4.69, 9.17) is 16.3 Å². The first-order chi connectivity index (χ1) is 14.9. The molecule has 3 rings (SSSR count). The van der Waals surface area contributed by atoms with Crippen LogP contribution in [0.25, 0.3) is 11.1 Å². The summed E-state index contributed by atoms with van der Waals surface area (Å²) < 4.78 is 5.46. The number of carboxylic acids is 1. The molecule has 1 atom stereocenters. The fourth-order valence-electron chi connectivity index (χ4n) is 3.79.